The molecule has 1 aromatic rings. The number of halogens is 3. The zero-order chi connectivity index (χ0) is 14.0. The first-order chi connectivity index (χ1) is 8.14. The lowest BCUT2D eigenvalue weighted by atomic mass is 10.1. The molecule has 0 saturated heterocycles. The Hall–Kier alpha value is -1.81. The van der Waals surface area contributed by atoms with Gasteiger partial charge in [-0.15, -0.1) is 0 Å². The first-order valence-corrected chi connectivity index (χ1v) is 6.53. The van der Waals surface area contributed by atoms with Crippen LogP contribution in [0.2, 0.25) is 0 Å². The lowest BCUT2D eigenvalue weighted by Crippen LogP contribution is -2.04. The molecule has 0 radical (unpaired) electrons. The molecule has 0 atom stereocenters. The first-order valence-electron chi connectivity index (χ1n) is 4.63. The van der Waals surface area contributed by atoms with Crippen LogP contribution in [0.25, 0.3) is 6.08 Å². The summed E-state index contributed by atoms with van der Waals surface area (Å²) in [6, 6.07) is 5.52. The largest absolute Gasteiger partial charge is 0.416 e. The van der Waals surface area contributed by atoms with Gasteiger partial charge in [-0.1, -0.05) is 12.1 Å². The molecule has 0 amide bonds. The van der Waals surface area contributed by atoms with Gasteiger partial charge in [-0.25, -0.2) is 8.42 Å². The number of benzene rings is 1. The molecule has 0 fully saturated rings. The molecule has 1 rings (SSSR count). The monoisotopic (exact) mass is 275 g/mol. The van der Waals surface area contributed by atoms with Crippen molar-refractivity contribution in [2.24, 2.45) is 0 Å². The number of allylic oxidation sites excluding steroid dienone is 1. The lowest BCUT2D eigenvalue weighted by Gasteiger charge is -2.06. The summed E-state index contributed by atoms with van der Waals surface area (Å²) in [5.74, 6) is 0. The van der Waals surface area contributed by atoms with Gasteiger partial charge in [0.1, 0.15) is 11.0 Å². The van der Waals surface area contributed by atoms with E-state index >= 15 is 0 Å². The van der Waals surface area contributed by atoms with Gasteiger partial charge >= 0.3 is 6.18 Å². The summed E-state index contributed by atoms with van der Waals surface area (Å²) < 4.78 is 59.5. The Morgan fingerprint density at radius 3 is 2.44 bits per heavy atom. The molecule has 18 heavy (non-hydrogen) atoms. The van der Waals surface area contributed by atoms with E-state index in [1.54, 1.807) is 0 Å². The summed E-state index contributed by atoms with van der Waals surface area (Å²) in [7, 11) is -3.74. The van der Waals surface area contributed by atoms with Crippen LogP contribution in [0.5, 0.6) is 0 Å². The summed E-state index contributed by atoms with van der Waals surface area (Å²) in [5, 5.41) is 8.63. The molecule has 0 unspecified atom stereocenters. The maximum atomic E-state index is 12.4. The Kier molecular flexibility index (Phi) is 3.82. The van der Waals surface area contributed by atoms with Gasteiger partial charge in [0, 0.05) is 6.26 Å². The average Bonchev–Trinajstić information content (AvgIpc) is 2.23. The van der Waals surface area contributed by atoms with Crippen LogP contribution in [0.1, 0.15) is 11.1 Å². The second kappa shape index (κ2) is 4.82. The van der Waals surface area contributed by atoms with E-state index in [0.717, 1.165) is 30.5 Å². The predicted molar refractivity (Wildman–Crippen MR) is 59.9 cm³/mol. The number of rotatable bonds is 2. The van der Waals surface area contributed by atoms with Crippen LogP contribution < -0.4 is 0 Å². The van der Waals surface area contributed by atoms with E-state index in [1.807, 2.05) is 0 Å². The predicted octanol–water partition coefficient (Wildman–Crippen LogP) is 2.61. The molecule has 0 aliphatic heterocycles. The highest BCUT2D eigenvalue weighted by Crippen LogP contribution is 2.30. The summed E-state index contributed by atoms with van der Waals surface area (Å²) in [5.41, 5.74) is -0.895. The van der Waals surface area contributed by atoms with Gasteiger partial charge in [0.05, 0.1) is 5.56 Å². The molecule has 0 saturated carbocycles. The molecular formula is C11H8F3NO2S. The van der Waals surface area contributed by atoms with E-state index in [9.17, 15) is 21.6 Å². The molecule has 0 spiro atoms. The normalized spacial score (nSPS) is 13.2. The van der Waals surface area contributed by atoms with Gasteiger partial charge < -0.3 is 0 Å². The van der Waals surface area contributed by atoms with E-state index in [4.69, 9.17) is 5.26 Å². The molecular weight excluding hydrogens is 267 g/mol. The number of hydrogen-bond donors (Lipinski definition) is 0. The Labute approximate surface area is 102 Å². The fourth-order valence-corrected chi connectivity index (χ4v) is 1.69. The number of sulfone groups is 1. The van der Waals surface area contributed by atoms with Crippen LogP contribution in [0.3, 0.4) is 0 Å². The maximum Gasteiger partial charge on any atom is 0.416 e. The second-order valence-corrected chi connectivity index (χ2v) is 5.50. The van der Waals surface area contributed by atoms with Crippen molar-refractivity contribution in [2.45, 2.75) is 6.18 Å². The highest BCUT2D eigenvalue weighted by Gasteiger charge is 2.30. The lowest BCUT2D eigenvalue weighted by molar-refractivity contribution is -0.137. The topological polar surface area (TPSA) is 57.9 Å². The SMILES string of the molecule is CS(=O)(=O)/C(C#N)=C/c1cccc(C(F)(F)F)c1. The van der Waals surface area contributed by atoms with Crippen molar-refractivity contribution in [1.82, 2.24) is 0 Å². The van der Waals surface area contributed by atoms with Gasteiger partial charge in [-0.2, -0.15) is 18.4 Å². The van der Waals surface area contributed by atoms with Crippen molar-refractivity contribution < 1.29 is 21.6 Å². The minimum atomic E-state index is -4.51. The van der Waals surface area contributed by atoms with E-state index in [2.05, 4.69) is 0 Å². The first kappa shape index (κ1) is 14.3. The molecule has 0 aliphatic rings. The summed E-state index contributed by atoms with van der Waals surface area (Å²) in [4.78, 5) is -0.582. The van der Waals surface area contributed by atoms with Crippen molar-refractivity contribution >= 4 is 15.9 Å². The maximum absolute atomic E-state index is 12.4. The Balaban J connectivity index is 3.30. The van der Waals surface area contributed by atoms with Gasteiger partial charge in [0.25, 0.3) is 0 Å². The quantitative estimate of drug-likeness (QED) is 0.779. The Morgan fingerprint density at radius 2 is 2.00 bits per heavy atom. The Morgan fingerprint density at radius 1 is 1.39 bits per heavy atom. The third kappa shape index (κ3) is 3.60. The van der Waals surface area contributed by atoms with E-state index in [1.165, 1.54) is 12.1 Å². The number of hydrogen-bond acceptors (Lipinski definition) is 3. The molecule has 96 valence electrons. The summed E-state index contributed by atoms with van der Waals surface area (Å²) in [6.07, 6.45) is -2.79. The molecule has 7 heteroatoms. The third-order valence-corrected chi connectivity index (χ3v) is 3.03. The summed E-state index contributed by atoms with van der Waals surface area (Å²) >= 11 is 0. The minimum absolute atomic E-state index is 0.00630. The summed E-state index contributed by atoms with van der Waals surface area (Å²) in [6.45, 7) is 0. The van der Waals surface area contributed by atoms with Crippen molar-refractivity contribution in [2.75, 3.05) is 6.26 Å². The van der Waals surface area contributed by atoms with E-state index in [0.29, 0.717) is 0 Å². The van der Waals surface area contributed by atoms with Crippen molar-refractivity contribution in [3.05, 3.63) is 40.3 Å². The minimum Gasteiger partial charge on any atom is -0.223 e. The molecule has 0 bridgehead atoms. The van der Waals surface area contributed by atoms with Crippen molar-refractivity contribution in [3.63, 3.8) is 0 Å². The molecule has 0 heterocycles. The fraction of sp³-hybridized carbons (Fsp3) is 0.182. The third-order valence-electron chi connectivity index (χ3n) is 2.02. The van der Waals surface area contributed by atoms with Crippen LogP contribution >= 0.6 is 0 Å². The smallest absolute Gasteiger partial charge is 0.223 e. The molecule has 0 aromatic heterocycles. The van der Waals surface area contributed by atoms with Crippen LogP contribution in [0.15, 0.2) is 29.2 Å². The van der Waals surface area contributed by atoms with Crippen LogP contribution in [-0.2, 0) is 16.0 Å². The Bertz CT molecular complexity index is 624. The van der Waals surface area contributed by atoms with Crippen molar-refractivity contribution in [3.8, 4) is 6.07 Å². The van der Waals surface area contributed by atoms with Gasteiger partial charge in [-0.3, -0.25) is 0 Å². The van der Waals surface area contributed by atoms with E-state index < -0.39 is 26.5 Å². The number of nitrogens with zero attached hydrogens (tertiary/aromatic N) is 1. The zero-order valence-electron chi connectivity index (χ0n) is 9.19. The molecule has 3 nitrogen and oxygen atoms in total. The van der Waals surface area contributed by atoms with Gasteiger partial charge in [0.2, 0.25) is 0 Å². The van der Waals surface area contributed by atoms with Crippen LogP contribution in [0, 0.1) is 11.3 Å². The second-order valence-electron chi connectivity index (χ2n) is 3.52. The highest BCUT2D eigenvalue weighted by molar-refractivity contribution is 7.95. The van der Waals surface area contributed by atoms with Gasteiger partial charge in [0.15, 0.2) is 9.84 Å². The molecule has 1 aromatic carbocycles. The van der Waals surface area contributed by atoms with Crippen LogP contribution in [-0.4, -0.2) is 14.7 Å². The van der Waals surface area contributed by atoms with Crippen LogP contribution in [0.4, 0.5) is 13.2 Å². The number of alkyl halides is 3. The van der Waals surface area contributed by atoms with Gasteiger partial charge in [-0.05, 0) is 23.8 Å². The molecule has 0 N–H and O–H groups in total. The fourth-order valence-electron chi connectivity index (χ4n) is 1.18. The van der Waals surface area contributed by atoms with Crippen molar-refractivity contribution in [1.29, 1.82) is 5.26 Å². The highest BCUT2D eigenvalue weighted by atomic mass is 32.2. The van der Waals surface area contributed by atoms with E-state index in [-0.39, 0.29) is 5.56 Å². The standard InChI is InChI=1S/C11H8F3NO2S/c1-18(16,17)10(7-15)6-8-3-2-4-9(5-8)11(12,13)14/h2-6H,1H3/b10-6+. The zero-order valence-corrected chi connectivity index (χ0v) is 10.0. The molecule has 0 aliphatic carbocycles. The average molecular weight is 275 g/mol. The number of nitriles is 1.